The second kappa shape index (κ2) is 9.35. The van der Waals surface area contributed by atoms with E-state index >= 15 is 0 Å². The number of hydrogen-bond acceptors (Lipinski definition) is 5. The number of aromatic nitrogens is 2. The topological polar surface area (TPSA) is 67.4 Å². The smallest absolute Gasteiger partial charge is 0.271 e. The third-order valence-electron chi connectivity index (χ3n) is 5.14. The summed E-state index contributed by atoms with van der Waals surface area (Å²) >= 11 is 0. The number of ether oxygens (including phenoxy) is 1. The number of para-hydroxylation sites is 1. The van der Waals surface area contributed by atoms with Crippen molar-refractivity contribution < 1.29 is 9.53 Å². The molecular weight excluding hydrogens is 340 g/mol. The molecule has 2 heterocycles. The molecule has 0 bridgehead atoms. The van der Waals surface area contributed by atoms with Gasteiger partial charge in [0.1, 0.15) is 17.3 Å². The van der Waals surface area contributed by atoms with Crippen LogP contribution >= 0.6 is 0 Å². The van der Waals surface area contributed by atoms with E-state index in [9.17, 15) is 4.79 Å². The predicted molar refractivity (Wildman–Crippen MR) is 106 cm³/mol. The molecule has 0 radical (unpaired) electrons. The summed E-state index contributed by atoms with van der Waals surface area (Å²) in [7, 11) is 1.65. The number of benzene rings is 1. The number of methoxy groups -OCH3 is 1. The number of rotatable bonds is 7. The van der Waals surface area contributed by atoms with Crippen LogP contribution in [0.1, 0.15) is 48.7 Å². The fourth-order valence-electron chi connectivity index (χ4n) is 3.62. The summed E-state index contributed by atoms with van der Waals surface area (Å²) in [5, 5.41) is 2.91. The number of amides is 1. The van der Waals surface area contributed by atoms with Gasteiger partial charge in [-0.3, -0.25) is 4.79 Å². The van der Waals surface area contributed by atoms with Crippen molar-refractivity contribution in [2.75, 3.05) is 25.1 Å². The monoisotopic (exact) mass is 368 g/mol. The summed E-state index contributed by atoms with van der Waals surface area (Å²) in [5.41, 5.74) is 1.42. The predicted octanol–water partition coefficient (Wildman–Crippen LogP) is 3.23. The van der Waals surface area contributed by atoms with Crippen molar-refractivity contribution in [2.45, 2.75) is 45.1 Å². The number of nitrogens with one attached hydrogen (secondary N) is 1. The third-order valence-corrected chi connectivity index (χ3v) is 5.14. The molecule has 1 atom stereocenters. The minimum absolute atomic E-state index is 0.199. The van der Waals surface area contributed by atoms with E-state index in [0.29, 0.717) is 24.7 Å². The molecule has 2 aromatic rings. The average Bonchev–Trinajstić information content (AvgIpc) is 2.74. The summed E-state index contributed by atoms with van der Waals surface area (Å²) in [5.74, 6) is 1.50. The molecule has 1 aromatic heterocycles. The molecule has 1 amide bonds. The van der Waals surface area contributed by atoms with E-state index in [1.165, 1.54) is 19.3 Å². The van der Waals surface area contributed by atoms with Crippen molar-refractivity contribution >= 4 is 11.7 Å². The standard InChI is InChI=1S/C21H28N4O2/c1-3-17-9-6-7-13-25(17)20-15-23-18(14-24-20)21(26)22-12-11-16-8-4-5-10-19(16)27-2/h4-5,8,10,14-15,17H,3,6-7,9,11-13H2,1-2H3,(H,22,26). The lowest BCUT2D eigenvalue weighted by Crippen LogP contribution is -2.39. The van der Waals surface area contributed by atoms with E-state index in [4.69, 9.17) is 4.74 Å². The summed E-state index contributed by atoms with van der Waals surface area (Å²) in [4.78, 5) is 23.5. The van der Waals surface area contributed by atoms with E-state index in [1.54, 1.807) is 19.5 Å². The van der Waals surface area contributed by atoms with Crippen LogP contribution in [0.3, 0.4) is 0 Å². The largest absolute Gasteiger partial charge is 0.496 e. The lowest BCUT2D eigenvalue weighted by molar-refractivity contribution is 0.0948. The van der Waals surface area contributed by atoms with Gasteiger partial charge in [-0.2, -0.15) is 0 Å². The normalized spacial score (nSPS) is 16.8. The van der Waals surface area contributed by atoms with Gasteiger partial charge >= 0.3 is 0 Å². The molecule has 1 fully saturated rings. The highest BCUT2D eigenvalue weighted by atomic mass is 16.5. The van der Waals surface area contributed by atoms with Gasteiger partial charge in [-0.25, -0.2) is 9.97 Å². The van der Waals surface area contributed by atoms with E-state index in [0.717, 1.165) is 30.1 Å². The van der Waals surface area contributed by atoms with Crippen molar-refractivity contribution in [1.29, 1.82) is 0 Å². The highest BCUT2D eigenvalue weighted by Gasteiger charge is 2.22. The first-order valence-electron chi connectivity index (χ1n) is 9.71. The molecule has 3 rings (SSSR count). The summed E-state index contributed by atoms with van der Waals surface area (Å²) in [6, 6.07) is 8.35. The van der Waals surface area contributed by atoms with Crippen LogP contribution in [0.25, 0.3) is 0 Å². The number of nitrogens with zero attached hydrogens (tertiary/aromatic N) is 3. The van der Waals surface area contributed by atoms with Gasteiger partial charge in [0, 0.05) is 19.1 Å². The zero-order valence-corrected chi connectivity index (χ0v) is 16.1. The summed E-state index contributed by atoms with van der Waals surface area (Å²) in [6.45, 7) is 3.74. The zero-order chi connectivity index (χ0) is 19.1. The molecule has 27 heavy (non-hydrogen) atoms. The third kappa shape index (κ3) is 4.76. The Labute approximate surface area is 161 Å². The maximum atomic E-state index is 12.3. The van der Waals surface area contributed by atoms with Crippen molar-refractivity contribution in [3.63, 3.8) is 0 Å². The molecule has 1 aliphatic heterocycles. The van der Waals surface area contributed by atoms with E-state index in [2.05, 4.69) is 27.1 Å². The second-order valence-electron chi connectivity index (χ2n) is 6.83. The first-order chi connectivity index (χ1) is 13.2. The molecule has 6 nitrogen and oxygen atoms in total. The SMILES string of the molecule is CCC1CCCCN1c1cnc(C(=O)NCCc2ccccc2OC)cn1. The molecular formula is C21H28N4O2. The molecule has 144 valence electrons. The molecule has 1 aliphatic rings. The molecule has 1 aromatic carbocycles. The van der Waals surface area contributed by atoms with Gasteiger partial charge in [-0.1, -0.05) is 25.1 Å². The fraction of sp³-hybridized carbons (Fsp3) is 0.476. The van der Waals surface area contributed by atoms with E-state index in [1.807, 2.05) is 24.3 Å². The number of carbonyl (C=O) groups excluding carboxylic acids is 1. The number of piperidine rings is 1. The van der Waals surface area contributed by atoms with Crippen LogP contribution in [0.4, 0.5) is 5.82 Å². The Hall–Kier alpha value is -2.63. The highest BCUT2D eigenvalue weighted by Crippen LogP contribution is 2.24. The van der Waals surface area contributed by atoms with Gasteiger partial charge in [-0.15, -0.1) is 0 Å². The Bertz CT molecular complexity index is 748. The van der Waals surface area contributed by atoms with Gasteiger partial charge in [0.15, 0.2) is 0 Å². The Balaban J connectivity index is 1.56. The summed E-state index contributed by atoms with van der Waals surface area (Å²) in [6.07, 6.45) is 8.76. The van der Waals surface area contributed by atoms with Gasteiger partial charge in [0.25, 0.3) is 5.91 Å². The molecule has 0 spiro atoms. The number of carbonyl (C=O) groups is 1. The Morgan fingerprint density at radius 1 is 1.26 bits per heavy atom. The van der Waals surface area contributed by atoms with Gasteiger partial charge in [-0.05, 0) is 43.7 Å². The molecule has 1 saturated heterocycles. The van der Waals surface area contributed by atoms with Gasteiger partial charge in [0.05, 0.1) is 19.5 Å². The van der Waals surface area contributed by atoms with Crippen LogP contribution < -0.4 is 15.0 Å². The lowest BCUT2D eigenvalue weighted by atomic mass is 10.0. The highest BCUT2D eigenvalue weighted by molar-refractivity contribution is 5.92. The quantitative estimate of drug-likeness (QED) is 0.813. The molecule has 1 unspecified atom stereocenters. The molecule has 1 N–H and O–H groups in total. The minimum Gasteiger partial charge on any atom is -0.496 e. The first-order valence-corrected chi connectivity index (χ1v) is 9.71. The van der Waals surface area contributed by atoms with Crippen LogP contribution in [-0.4, -0.2) is 42.1 Å². The van der Waals surface area contributed by atoms with Crippen molar-refractivity contribution in [2.24, 2.45) is 0 Å². The Morgan fingerprint density at radius 3 is 2.85 bits per heavy atom. The Morgan fingerprint density at radius 2 is 2.11 bits per heavy atom. The van der Waals surface area contributed by atoms with Crippen molar-refractivity contribution in [3.05, 3.63) is 47.9 Å². The van der Waals surface area contributed by atoms with Crippen LogP contribution in [0, 0.1) is 0 Å². The van der Waals surface area contributed by atoms with E-state index < -0.39 is 0 Å². The van der Waals surface area contributed by atoms with Gasteiger partial charge < -0.3 is 15.0 Å². The fourth-order valence-corrected chi connectivity index (χ4v) is 3.62. The van der Waals surface area contributed by atoms with E-state index in [-0.39, 0.29) is 5.91 Å². The maximum Gasteiger partial charge on any atom is 0.271 e. The number of hydrogen-bond donors (Lipinski definition) is 1. The van der Waals surface area contributed by atoms with Crippen LogP contribution in [0.2, 0.25) is 0 Å². The first kappa shape index (κ1) is 19.1. The van der Waals surface area contributed by atoms with Crippen LogP contribution in [-0.2, 0) is 6.42 Å². The second-order valence-corrected chi connectivity index (χ2v) is 6.83. The molecule has 0 saturated carbocycles. The minimum atomic E-state index is -0.199. The average molecular weight is 368 g/mol. The van der Waals surface area contributed by atoms with Crippen LogP contribution in [0.5, 0.6) is 5.75 Å². The molecule has 6 heteroatoms. The summed E-state index contributed by atoms with van der Waals surface area (Å²) < 4.78 is 5.34. The van der Waals surface area contributed by atoms with Gasteiger partial charge in [0.2, 0.25) is 0 Å². The zero-order valence-electron chi connectivity index (χ0n) is 16.1. The maximum absolute atomic E-state index is 12.3. The number of anilines is 1. The lowest BCUT2D eigenvalue weighted by Gasteiger charge is -2.35. The molecule has 0 aliphatic carbocycles. The van der Waals surface area contributed by atoms with Crippen molar-refractivity contribution in [1.82, 2.24) is 15.3 Å². The van der Waals surface area contributed by atoms with Crippen LogP contribution in [0.15, 0.2) is 36.7 Å². The Kier molecular flexibility index (Phi) is 6.63. The van der Waals surface area contributed by atoms with Crippen molar-refractivity contribution in [3.8, 4) is 5.75 Å².